The highest BCUT2D eigenvalue weighted by atomic mass is 19.1. The number of piperidine rings is 1. The Morgan fingerprint density at radius 3 is 2.82 bits per heavy atom. The van der Waals surface area contributed by atoms with Crippen LogP contribution in [-0.4, -0.2) is 25.4 Å². The Morgan fingerprint density at radius 2 is 2.18 bits per heavy atom. The molecule has 2 rings (SSSR count). The molecule has 0 aromatic heterocycles. The number of carbonyl (C=O) groups excluding carboxylic acids is 2. The molecule has 1 aliphatic heterocycles. The van der Waals surface area contributed by atoms with E-state index in [2.05, 4.69) is 10.6 Å². The van der Waals surface area contributed by atoms with E-state index in [0.29, 0.717) is 24.3 Å². The second kappa shape index (κ2) is 8.03. The quantitative estimate of drug-likeness (QED) is 0.794. The van der Waals surface area contributed by atoms with E-state index in [-0.39, 0.29) is 24.1 Å². The lowest BCUT2D eigenvalue weighted by molar-refractivity contribution is -0.125. The summed E-state index contributed by atoms with van der Waals surface area (Å²) in [6.07, 6.45) is 3.19. The van der Waals surface area contributed by atoms with Crippen molar-refractivity contribution >= 4 is 12.3 Å². The molecule has 1 aromatic carbocycles. The maximum atomic E-state index is 14.4. The minimum atomic E-state index is -0.325. The third kappa shape index (κ3) is 4.37. The molecular weight excluding hydrogens is 283 g/mol. The van der Waals surface area contributed by atoms with Gasteiger partial charge in [0.15, 0.2) is 0 Å². The number of benzene rings is 1. The van der Waals surface area contributed by atoms with Gasteiger partial charge in [0.05, 0.1) is 0 Å². The van der Waals surface area contributed by atoms with E-state index in [0.717, 1.165) is 31.5 Å². The number of carbonyl (C=O) groups is 2. The summed E-state index contributed by atoms with van der Waals surface area (Å²) in [7, 11) is 0. The molecule has 0 aliphatic carbocycles. The van der Waals surface area contributed by atoms with Gasteiger partial charge in [0, 0.05) is 6.42 Å². The number of nitrogens with one attached hydrogen (secondary N) is 2. The van der Waals surface area contributed by atoms with Gasteiger partial charge < -0.3 is 5.32 Å². The summed E-state index contributed by atoms with van der Waals surface area (Å²) in [4.78, 5) is 21.5. The highest BCUT2D eigenvalue weighted by Gasteiger charge is 2.18. The van der Waals surface area contributed by atoms with Crippen molar-refractivity contribution < 1.29 is 14.0 Å². The zero-order valence-electron chi connectivity index (χ0n) is 12.9. The molecule has 1 saturated heterocycles. The topological polar surface area (TPSA) is 58.2 Å². The minimum Gasteiger partial charge on any atom is -0.317 e. The zero-order chi connectivity index (χ0) is 15.9. The maximum absolute atomic E-state index is 14.4. The van der Waals surface area contributed by atoms with Crippen molar-refractivity contribution in [2.24, 2.45) is 0 Å². The third-order valence-corrected chi connectivity index (χ3v) is 4.39. The number of rotatable bonds is 6. The molecule has 1 unspecified atom stereocenters. The van der Waals surface area contributed by atoms with Crippen molar-refractivity contribution in [3.8, 4) is 0 Å². The van der Waals surface area contributed by atoms with Crippen molar-refractivity contribution in [2.75, 3.05) is 13.1 Å². The van der Waals surface area contributed by atoms with Crippen LogP contribution >= 0.6 is 0 Å². The van der Waals surface area contributed by atoms with Gasteiger partial charge in [0.1, 0.15) is 5.82 Å². The molecule has 1 fully saturated rings. The summed E-state index contributed by atoms with van der Waals surface area (Å²) in [5.74, 6) is -0.147. The molecular formula is C17H23FN2O2. The molecule has 4 nitrogen and oxygen atoms in total. The summed E-state index contributed by atoms with van der Waals surface area (Å²) >= 11 is 0. The van der Waals surface area contributed by atoms with E-state index in [9.17, 15) is 14.0 Å². The fourth-order valence-electron chi connectivity index (χ4n) is 2.99. The van der Waals surface area contributed by atoms with E-state index in [1.165, 1.54) is 0 Å². The fraction of sp³-hybridized carbons (Fsp3) is 0.529. The average molecular weight is 306 g/mol. The van der Waals surface area contributed by atoms with Crippen LogP contribution in [0.3, 0.4) is 0 Å². The third-order valence-electron chi connectivity index (χ3n) is 4.39. The summed E-state index contributed by atoms with van der Waals surface area (Å²) in [6, 6.07) is 5.50. The first kappa shape index (κ1) is 16.6. The van der Waals surface area contributed by atoms with E-state index in [1.54, 1.807) is 6.07 Å². The van der Waals surface area contributed by atoms with Gasteiger partial charge in [-0.3, -0.25) is 14.9 Å². The first-order chi connectivity index (χ1) is 10.6. The van der Waals surface area contributed by atoms with Gasteiger partial charge in [-0.2, -0.15) is 0 Å². The Labute approximate surface area is 130 Å². The van der Waals surface area contributed by atoms with Crippen LogP contribution in [0.2, 0.25) is 0 Å². The van der Waals surface area contributed by atoms with Crippen LogP contribution in [0, 0.1) is 5.82 Å². The predicted octanol–water partition coefficient (Wildman–Crippen LogP) is 2.45. The van der Waals surface area contributed by atoms with Crippen molar-refractivity contribution in [1.29, 1.82) is 0 Å². The number of amides is 2. The van der Waals surface area contributed by atoms with Crippen LogP contribution in [0.25, 0.3) is 0 Å². The molecule has 0 saturated carbocycles. The Kier molecular flexibility index (Phi) is 6.07. The summed E-state index contributed by atoms with van der Waals surface area (Å²) < 4.78 is 14.4. The highest BCUT2D eigenvalue weighted by Crippen LogP contribution is 2.30. The first-order valence-corrected chi connectivity index (χ1v) is 7.85. The first-order valence-electron chi connectivity index (χ1n) is 7.85. The molecule has 0 radical (unpaired) electrons. The summed E-state index contributed by atoms with van der Waals surface area (Å²) in [5, 5.41) is 5.41. The van der Waals surface area contributed by atoms with Gasteiger partial charge in [0.2, 0.25) is 12.3 Å². The van der Waals surface area contributed by atoms with Crippen LogP contribution in [0.1, 0.15) is 55.6 Å². The van der Waals surface area contributed by atoms with E-state index in [1.807, 2.05) is 19.1 Å². The number of imide groups is 1. The van der Waals surface area contributed by atoms with Crippen LogP contribution in [0.5, 0.6) is 0 Å². The van der Waals surface area contributed by atoms with Crippen molar-refractivity contribution in [1.82, 2.24) is 10.6 Å². The lowest BCUT2D eigenvalue weighted by atomic mass is 9.87. The van der Waals surface area contributed by atoms with Crippen molar-refractivity contribution in [3.63, 3.8) is 0 Å². The van der Waals surface area contributed by atoms with Crippen molar-refractivity contribution in [3.05, 3.63) is 35.1 Å². The fourth-order valence-corrected chi connectivity index (χ4v) is 2.99. The lowest BCUT2D eigenvalue weighted by Gasteiger charge is -2.23. The molecule has 1 aromatic rings. The molecule has 0 bridgehead atoms. The standard InChI is InChI=1S/C17H23FN2O2/c1-12(2-5-17(22)20-11-21)15-4-3-14(10-16(15)18)13-6-8-19-9-7-13/h3-4,10-13,19H,2,5-9H2,1H3,(H,20,21,22). The number of hydrogen-bond acceptors (Lipinski definition) is 3. The molecule has 1 heterocycles. The van der Waals surface area contributed by atoms with Gasteiger partial charge in [0.25, 0.3) is 0 Å². The van der Waals surface area contributed by atoms with E-state index < -0.39 is 0 Å². The van der Waals surface area contributed by atoms with Crippen LogP contribution in [0.15, 0.2) is 18.2 Å². The summed E-state index contributed by atoms with van der Waals surface area (Å²) in [5.41, 5.74) is 1.70. The molecule has 5 heteroatoms. The second-order valence-electron chi connectivity index (χ2n) is 5.93. The Morgan fingerprint density at radius 1 is 1.45 bits per heavy atom. The molecule has 2 N–H and O–H groups in total. The normalized spacial score (nSPS) is 17.0. The maximum Gasteiger partial charge on any atom is 0.226 e. The zero-order valence-corrected chi connectivity index (χ0v) is 12.9. The van der Waals surface area contributed by atoms with Crippen LogP contribution < -0.4 is 10.6 Å². The molecule has 0 spiro atoms. The molecule has 1 atom stereocenters. The van der Waals surface area contributed by atoms with Crippen LogP contribution in [0.4, 0.5) is 4.39 Å². The van der Waals surface area contributed by atoms with Gasteiger partial charge in [-0.05, 0) is 61.4 Å². The second-order valence-corrected chi connectivity index (χ2v) is 5.93. The Hall–Kier alpha value is -1.75. The summed E-state index contributed by atoms with van der Waals surface area (Å²) in [6.45, 7) is 3.86. The molecule has 22 heavy (non-hydrogen) atoms. The average Bonchev–Trinajstić information content (AvgIpc) is 2.53. The molecule has 120 valence electrons. The smallest absolute Gasteiger partial charge is 0.226 e. The molecule has 1 aliphatic rings. The SMILES string of the molecule is CC(CCC(=O)NC=O)c1ccc(C2CCNCC2)cc1F. The van der Waals surface area contributed by atoms with Gasteiger partial charge in [-0.15, -0.1) is 0 Å². The number of hydrogen-bond donors (Lipinski definition) is 2. The highest BCUT2D eigenvalue weighted by molar-refractivity contribution is 5.85. The minimum absolute atomic E-state index is 0.0560. The Balaban J connectivity index is 1.99. The largest absolute Gasteiger partial charge is 0.317 e. The van der Waals surface area contributed by atoms with Gasteiger partial charge in [-0.25, -0.2) is 4.39 Å². The predicted molar refractivity (Wildman–Crippen MR) is 83.1 cm³/mol. The van der Waals surface area contributed by atoms with Crippen molar-refractivity contribution in [2.45, 2.75) is 44.4 Å². The van der Waals surface area contributed by atoms with E-state index in [4.69, 9.17) is 0 Å². The Bertz CT molecular complexity index is 527. The lowest BCUT2D eigenvalue weighted by Crippen LogP contribution is -2.26. The number of halogens is 1. The molecule has 2 amide bonds. The monoisotopic (exact) mass is 306 g/mol. The van der Waals surface area contributed by atoms with E-state index >= 15 is 0 Å². The van der Waals surface area contributed by atoms with Gasteiger partial charge >= 0.3 is 0 Å². The van der Waals surface area contributed by atoms with Crippen LogP contribution in [-0.2, 0) is 9.59 Å². The van der Waals surface area contributed by atoms with Gasteiger partial charge in [-0.1, -0.05) is 19.1 Å².